The third-order valence-corrected chi connectivity index (χ3v) is 2.28. The van der Waals surface area contributed by atoms with Crippen LogP contribution in [0.25, 0.3) is 0 Å². The fourth-order valence-electron chi connectivity index (χ4n) is 0.931. The number of halogens is 3. The molecule has 1 aromatic carbocycles. The Morgan fingerprint density at radius 2 is 1.85 bits per heavy atom. The standard InChI is InChI=1S/C9H8F3S/c1-2-13-8-6-4-3-5-7(8)9(10,11)12/h2-6H,1H3. The minimum Gasteiger partial charge on any atom is -0.166 e. The summed E-state index contributed by atoms with van der Waals surface area (Å²) in [7, 11) is 0. The molecule has 0 fully saturated rings. The lowest BCUT2D eigenvalue weighted by Crippen LogP contribution is -2.06. The maximum atomic E-state index is 12.3. The highest BCUT2D eigenvalue weighted by atomic mass is 32.2. The van der Waals surface area contributed by atoms with Crippen molar-refractivity contribution in [3.8, 4) is 0 Å². The molecule has 0 bridgehead atoms. The van der Waals surface area contributed by atoms with Gasteiger partial charge in [0.05, 0.1) is 5.56 Å². The van der Waals surface area contributed by atoms with E-state index in [9.17, 15) is 13.2 Å². The van der Waals surface area contributed by atoms with Crippen molar-refractivity contribution in [2.24, 2.45) is 0 Å². The van der Waals surface area contributed by atoms with Crippen molar-refractivity contribution in [3.63, 3.8) is 0 Å². The molecular formula is C9H8F3S. The number of benzene rings is 1. The van der Waals surface area contributed by atoms with Gasteiger partial charge in [-0.15, -0.1) is 11.8 Å². The number of rotatable bonds is 2. The number of alkyl halides is 3. The molecule has 0 spiro atoms. The Labute approximate surface area is 79.1 Å². The van der Waals surface area contributed by atoms with E-state index in [-0.39, 0.29) is 4.90 Å². The van der Waals surface area contributed by atoms with Crippen LogP contribution in [0.2, 0.25) is 0 Å². The van der Waals surface area contributed by atoms with Gasteiger partial charge in [0.15, 0.2) is 0 Å². The summed E-state index contributed by atoms with van der Waals surface area (Å²) >= 11 is 1.08. The van der Waals surface area contributed by atoms with Crippen LogP contribution in [0.4, 0.5) is 13.2 Å². The van der Waals surface area contributed by atoms with E-state index >= 15 is 0 Å². The van der Waals surface area contributed by atoms with Crippen LogP contribution in [-0.4, -0.2) is 0 Å². The summed E-state index contributed by atoms with van der Waals surface area (Å²) in [5, 5.41) is 0. The Hall–Kier alpha value is -0.640. The molecule has 0 aliphatic rings. The van der Waals surface area contributed by atoms with E-state index in [1.165, 1.54) is 12.1 Å². The van der Waals surface area contributed by atoms with Crippen LogP contribution in [0.1, 0.15) is 12.5 Å². The molecule has 0 saturated heterocycles. The molecule has 1 aromatic rings. The largest absolute Gasteiger partial charge is 0.417 e. The Morgan fingerprint density at radius 1 is 1.23 bits per heavy atom. The molecular weight excluding hydrogens is 197 g/mol. The van der Waals surface area contributed by atoms with E-state index in [1.54, 1.807) is 18.7 Å². The van der Waals surface area contributed by atoms with E-state index in [1.807, 2.05) is 0 Å². The highest BCUT2D eigenvalue weighted by molar-refractivity contribution is 8.01. The maximum absolute atomic E-state index is 12.3. The lowest BCUT2D eigenvalue weighted by atomic mass is 10.2. The predicted octanol–water partition coefficient (Wildman–Crippen LogP) is 3.98. The van der Waals surface area contributed by atoms with Gasteiger partial charge in [-0.05, 0) is 12.1 Å². The SMILES string of the molecule is C[CH]Sc1ccccc1C(F)(F)F. The Morgan fingerprint density at radius 3 is 2.38 bits per heavy atom. The molecule has 13 heavy (non-hydrogen) atoms. The number of hydrogen-bond acceptors (Lipinski definition) is 1. The summed E-state index contributed by atoms with van der Waals surface area (Å²) in [5.41, 5.74) is -0.571. The molecule has 0 atom stereocenters. The van der Waals surface area contributed by atoms with E-state index in [2.05, 4.69) is 0 Å². The topological polar surface area (TPSA) is 0 Å². The van der Waals surface area contributed by atoms with Crippen molar-refractivity contribution in [1.82, 2.24) is 0 Å². The molecule has 0 aliphatic carbocycles. The predicted molar refractivity (Wildman–Crippen MR) is 47.3 cm³/mol. The van der Waals surface area contributed by atoms with Crippen LogP contribution < -0.4 is 0 Å². The highest BCUT2D eigenvalue weighted by Crippen LogP contribution is 2.36. The summed E-state index contributed by atoms with van der Waals surface area (Å²) in [6.07, 6.45) is -4.26. The second kappa shape index (κ2) is 4.05. The average molecular weight is 205 g/mol. The van der Waals surface area contributed by atoms with E-state index in [0.717, 1.165) is 17.8 Å². The van der Waals surface area contributed by atoms with Gasteiger partial charge < -0.3 is 0 Å². The van der Waals surface area contributed by atoms with Crippen molar-refractivity contribution in [1.29, 1.82) is 0 Å². The normalized spacial score (nSPS) is 11.7. The zero-order valence-corrected chi connectivity index (χ0v) is 7.75. The molecule has 4 heteroatoms. The van der Waals surface area contributed by atoms with Gasteiger partial charge in [0, 0.05) is 10.6 Å². The van der Waals surface area contributed by atoms with Crippen LogP contribution in [0.15, 0.2) is 29.2 Å². The molecule has 0 N–H and O–H groups in total. The smallest absolute Gasteiger partial charge is 0.166 e. The number of thioether (sulfide) groups is 1. The molecule has 1 radical (unpaired) electrons. The first-order valence-electron chi connectivity index (χ1n) is 3.66. The molecule has 0 nitrogen and oxygen atoms in total. The summed E-state index contributed by atoms with van der Waals surface area (Å²) in [6, 6.07) is 5.54. The first-order valence-corrected chi connectivity index (χ1v) is 4.54. The van der Waals surface area contributed by atoms with Crippen molar-refractivity contribution in [2.75, 3.05) is 0 Å². The third kappa shape index (κ3) is 2.66. The molecule has 0 saturated carbocycles. The minimum atomic E-state index is -4.26. The highest BCUT2D eigenvalue weighted by Gasteiger charge is 2.32. The summed E-state index contributed by atoms with van der Waals surface area (Å²) < 4.78 is 37.0. The van der Waals surface area contributed by atoms with Crippen LogP contribution in [0.3, 0.4) is 0 Å². The monoisotopic (exact) mass is 205 g/mol. The summed E-state index contributed by atoms with van der Waals surface area (Å²) in [6.45, 7) is 1.71. The zero-order valence-electron chi connectivity index (χ0n) is 6.93. The van der Waals surface area contributed by atoms with Gasteiger partial charge in [-0.3, -0.25) is 0 Å². The van der Waals surface area contributed by atoms with Crippen LogP contribution in [0.5, 0.6) is 0 Å². The second-order valence-electron chi connectivity index (χ2n) is 2.35. The van der Waals surface area contributed by atoms with Crippen molar-refractivity contribution >= 4 is 11.8 Å². The molecule has 0 amide bonds. The lowest BCUT2D eigenvalue weighted by Gasteiger charge is -2.10. The fourth-order valence-corrected chi connectivity index (χ4v) is 1.65. The van der Waals surface area contributed by atoms with Gasteiger partial charge in [0.25, 0.3) is 0 Å². The van der Waals surface area contributed by atoms with Gasteiger partial charge >= 0.3 is 6.18 Å². The molecule has 71 valence electrons. The Bertz CT molecular complexity index is 280. The Balaban J connectivity index is 3.05. The van der Waals surface area contributed by atoms with Gasteiger partial charge in [0.2, 0.25) is 0 Å². The average Bonchev–Trinajstić information content (AvgIpc) is 2.04. The second-order valence-corrected chi connectivity index (χ2v) is 3.49. The molecule has 0 heterocycles. The minimum absolute atomic E-state index is 0.248. The van der Waals surface area contributed by atoms with Gasteiger partial charge in [-0.1, -0.05) is 19.1 Å². The molecule has 0 aromatic heterocycles. The summed E-state index contributed by atoms with van der Waals surface area (Å²) in [5.74, 6) is 1.63. The number of hydrogen-bond donors (Lipinski definition) is 0. The molecule has 1 rings (SSSR count). The van der Waals surface area contributed by atoms with E-state index in [0.29, 0.717) is 0 Å². The van der Waals surface area contributed by atoms with Gasteiger partial charge in [-0.25, -0.2) is 0 Å². The van der Waals surface area contributed by atoms with E-state index < -0.39 is 11.7 Å². The van der Waals surface area contributed by atoms with Gasteiger partial charge in [-0.2, -0.15) is 13.2 Å². The fraction of sp³-hybridized carbons (Fsp3) is 0.222. The van der Waals surface area contributed by atoms with Crippen LogP contribution in [0, 0.1) is 5.75 Å². The van der Waals surface area contributed by atoms with Crippen molar-refractivity contribution < 1.29 is 13.2 Å². The Kier molecular flexibility index (Phi) is 3.25. The quantitative estimate of drug-likeness (QED) is 0.658. The first-order chi connectivity index (χ1) is 6.05. The van der Waals surface area contributed by atoms with E-state index in [4.69, 9.17) is 0 Å². The maximum Gasteiger partial charge on any atom is 0.417 e. The van der Waals surface area contributed by atoms with Gasteiger partial charge in [0.1, 0.15) is 0 Å². The van der Waals surface area contributed by atoms with Crippen molar-refractivity contribution in [2.45, 2.75) is 18.0 Å². The molecule has 0 aliphatic heterocycles. The molecule has 0 unspecified atom stereocenters. The summed E-state index contributed by atoms with van der Waals surface area (Å²) in [4.78, 5) is 0.248. The first kappa shape index (κ1) is 10.4. The zero-order chi connectivity index (χ0) is 9.90. The van der Waals surface area contributed by atoms with Crippen LogP contribution >= 0.6 is 11.8 Å². The van der Waals surface area contributed by atoms with Crippen molar-refractivity contribution in [3.05, 3.63) is 35.6 Å². The third-order valence-electron chi connectivity index (χ3n) is 1.44. The van der Waals surface area contributed by atoms with Crippen LogP contribution in [-0.2, 0) is 6.18 Å². The lowest BCUT2D eigenvalue weighted by molar-refractivity contribution is -0.139.